The van der Waals surface area contributed by atoms with Crippen LogP contribution in [0.1, 0.15) is 12.0 Å². The van der Waals surface area contributed by atoms with E-state index < -0.39 is 28.5 Å². The molecule has 9 heteroatoms. The molecule has 2 aromatic carbocycles. The molecule has 0 spiro atoms. The van der Waals surface area contributed by atoms with Crippen LogP contribution in [0.2, 0.25) is 5.02 Å². The summed E-state index contributed by atoms with van der Waals surface area (Å²) in [7, 11) is -3.83. The first-order chi connectivity index (χ1) is 12.8. The van der Waals surface area contributed by atoms with E-state index in [4.69, 9.17) is 16.3 Å². The van der Waals surface area contributed by atoms with Crippen molar-refractivity contribution < 1.29 is 22.7 Å². The number of carbonyl (C=O) groups is 2. The van der Waals surface area contributed by atoms with Crippen molar-refractivity contribution in [1.29, 1.82) is 0 Å². The van der Waals surface area contributed by atoms with E-state index >= 15 is 0 Å². The Hall–Kier alpha value is -2.42. The van der Waals surface area contributed by atoms with Gasteiger partial charge in [0, 0.05) is 12.2 Å². The van der Waals surface area contributed by atoms with Crippen LogP contribution in [0.3, 0.4) is 0 Å². The zero-order valence-corrected chi connectivity index (χ0v) is 16.1. The van der Waals surface area contributed by atoms with E-state index in [1.165, 1.54) is 12.1 Å². The first-order valence-electron chi connectivity index (χ1n) is 8.04. The minimum Gasteiger partial charge on any atom is -0.456 e. The van der Waals surface area contributed by atoms with Crippen molar-refractivity contribution in [2.24, 2.45) is 0 Å². The molecule has 2 rings (SSSR count). The Morgan fingerprint density at radius 2 is 1.74 bits per heavy atom. The standard InChI is InChI=1S/C18H19ClN2O5S/c1-13-6-8-14(9-7-13)21-17(22)12-26-18(23)10-11-20-27(24,25)16-5-3-2-4-15(16)19/h2-9,20H,10-12H2,1H3,(H,21,22). The Bertz CT molecular complexity index is 914. The van der Waals surface area contributed by atoms with Crippen molar-refractivity contribution in [2.45, 2.75) is 18.2 Å². The van der Waals surface area contributed by atoms with Gasteiger partial charge in [0.1, 0.15) is 4.90 Å². The first-order valence-corrected chi connectivity index (χ1v) is 9.90. The molecule has 0 aliphatic rings. The van der Waals surface area contributed by atoms with E-state index in [1.807, 2.05) is 19.1 Å². The van der Waals surface area contributed by atoms with Crippen LogP contribution < -0.4 is 10.0 Å². The summed E-state index contributed by atoms with van der Waals surface area (Å²) >= 11 is 5.85. The third-order valence-electron chi connectivity index (χ3n) is 3.45. The molecule has 2 aromatic rings. The van der Waals surface area contributed by atoms with E-state index in [2.05, 4.69) is 10.0 Å². The molecule has 0 saturated heterocycles. The molecular weight excluding hydrogens is 392 g/mol. The molecule has 0 aromatic heterocycles. The van der Waals surface area contributed by atoms with E-state index in [0.717, 1.165) is 5.56 Å². The Labute approximate surface area is 162 Å². The molecule has 1 amide bonds. The average Bonchev–Trinajstić information content (AvgIpc) is 2.62. The summed E-state index contributed by atoms with van der Waals surface area (Å²) < 4.78 is 31.3. The van der Waals surface area contributed by atoms with Crippen LogP contribution in [0.25, 0.3) is 0 Å². The number of rotatable bonds is 8. The largest absolute Gasteiger partial charge is 0.456 e. The third-order valence-corrected chi connectivity index (χ3v) is 5.41. The Morgan fingerprint density at radius 3 is 2.41 bits per heavy atom. The summed E-state index contributed by atoms with van der Waals surface area (Å²) in [6.07, 6.45) is -0.221. The van der Waals surface area contributed by atoms with Gasteiger partial charge in [-0.2, -0.15) is 0 Å². The number of benzene rings is 2. The van der Waals surface area contributed by atoms with Crippen LogP contribution in [0.5, 0.6) is 0 Å². The number of amides is 1. The number of hydrogen-bond acceptors (Lipinski definition) is 5. The summed E-state index contributed by atoms with van der Waals surface area (Å²) in [6.45, 7) is 1.29. The summed E-state index contributed by atoms with van der Waals surface area (Å²) in [5.41, 5.74) is 1.65. The lowest BCUT2D eigenvalue weighted by Crippen LogP contribution is -2.28. The molecule has 0 aliphatic heterocycles. The predicted octanol–water partition coefficient (Wildman–Crippen LogP) is 2.50. The molecule has 0 atom stereocenters. The second-order valence-corrected chi connectivity index (χ2v) is 7.80. The highest BCUT2D eigenvalue weighted by molar-refractivity contribution is 7.89. The Kier molecular flexibility index (Phi) is 7.35. The molecule has 0 fully saturated rings. The van der Waals surface area contributed by atoms with Gasteiger partial charge in [-0.3, -0.25) is 9.59 Å². The molecule has 7 nitrogen and oxygen atoms in total. The number of ether oxygens (including phenoxy) is 1. The number of carbonyl (C=O) groups excluding carboxylic acids is 2. The van der Waals surface area contributed by atoms with Gasteiger partial charge >= 0.3 is 5.97 Å². The van der Waals surface area contributed by atoms with Gasteiger partial charge in [-0.05, 0) is 31.2 Å². The summed E-state index contributed by atoms with van der Waals surface area (Å²) in [4.78, 5) is 23.3. The van der Waals surface area contributed by atoms with Crippen LogP contribution in [0.4, 0.5) is 5.69 Å². The van der Waals surface area contributed by atoms with Crippen molar-refractivity contribution in [3.8, 4) is 0 Å². The summed E-state index contributed by atoms with van der Waals surface area (Å²) in [5.74, 6) is -1.18. The third kappa shape index (κ3) is 6.67. The Balaban J connectivity index is 1.74. The van der Waals surface area contributed by atoms with E-state index in [-0.39, 0.29) is 22.9 Å². The lowest BCUT2D eigenvalue weighted by Gasteiger charge is -2.09. The monoisotopic (exact) mass is 410 g/mol. The fourth-order valence-electron chi connectivity index (χ4n) is 2.08. The van der Waals surface area contributed by atoms with Crippen molar-refractivity contribution in [1.82, 2.24) is 4.72 Å². The number of halogens is 1. The van der Waals surface area contributed by atoms with Gasteiger partial charge in [-0.15, -0.1) is 0 Å². The molecule has 0 radical (unpaired) electrons. The number of aryl methyl sites for hydroxylation is 1. The van der Waals surface area contributed by atoms with Gasteiger partial charge in [0.05, 0.1) is 11.4 Å². The molecule has 0 bridgehead atoms. The summed E-state index contributed by atoms with van der Waals surface area (Å²) in [5, 5.41) is 2.67. The van der Waals surface area contributed by atoms with Gasteiger partial charge in [-0.1, -0.05) is 41.4 Å². The Morgan fingerprint density at radius 1 is 1.07 bits per heavy atom. The van der Waals surface area contributed by atoms with Gasteiger partial charge in [0.2, 0.25) is 10.0 Å². The van der Waals surface area contributed by atoms with Crippen molar-refractivity contribution in [3.05, 3.63) is 59.1 Å². The first kappa shape index (κ1) is 20.9. The lowest BCUT2D eigenvalue weighted by atomic mass is 10.2. The number of sulfonamides is 1. The maximum Gasteiger partial charge on any atom is 0.307 e. The molecule has 0 heterocycles. The minimum absolute atomic E-state index is 0.0718. The zero-order chi connectivity index (χ0) is 19.9. The smallest absolute Gasteiger partial charge is 0.307 e. The van der Waals surface area contributed by atoms with Crippen LogP contribution in [0, 0.1) is 6.92 Å². The highest BCUT2D eigenvalue weighted by atomic mass is 35.5. The summed E-state index contributed by atoms with van der Waals surface area (Å²) in [6, 6.07) is 13.1. The maximum atomic E-state index is 12.1. The lowest BCUT2D eigenvalue weighted by molar-refractivity contribution is -0.147. The van der Waals surface area contributed by atoms with Crippen molar-refractivity contribution >= 4 is 39.2 Å². The minimum atomic E-state index is -3.83. The van der Waals surface area contributed by atoms with Gasteiger partial charge < -0.3 is 10.1 Å². The predicted molar refractivity (Wildman–Crippen MR) is 102 cm³/mol. The van der Waals surface area contributed by atoms with Gasteiger partial charge in [0.15, 0.2) is 6.61 Å². The van der Waals surface area contributed by atoms with Crippen LogP contribution in [-0.2, 0) is 24.3 Å². The van der Waals surface area contributed by atoms with Gasteiger partial charge in [-0.25, -0.2) is 13.1 Å². The van der Waals surface area contributed by atoms with Crippen LogP contribution in [0.15, 0.2) is 53.4 Å². The molecule has 0 unspecified atom stereocenters. The highest BCUT2D eigenvalue weighted by Gasteiger charge is 2.17. The molecule has 2 N–H and O–H groups in total. The second kappa shape index (κ2) is 9.50. The molecule has 0 saturated carbocycles. The normalized spacial score (nSPS) is 11.0. The van der Waals surface area contributed by atoms with Crippen LogP contribution >= 0.6 is 11.6 Å². The molecule has 27 heavy (non-hydrogen) atoms. The fraction of sp³-hybridized carbons (Fsp3) is 0.222. The maximum absolute atomic E-state index is 12.1. The highest BCUT2D eigenvalue weighted by Crippen LogP contribution is 2.19. The number of nitrogens with one attached hydrogen (secondary N) is 2. The molecule has 0 aliphatic carbocycles. The van der Waals surface area contributed by atoms with E-state index in [0.29, 0.717) is 5.69 Å². The number of hydrogen-bond donors (Lipinski definition) is 2. The van der Waals surface area contributed by atoms with Crippen molar-refractivity contribution in [3.63, 3.8) is 0 Å². The number of anilines is 1. The van der Waals surface area contributed by atoms with Crippen LogP contribution in [-0.4, -0.2) is 33.4 Å². The SMILES string of the molecule is Cc1ccc(NC(=O)COC(=O)CCNS(=O)(=O)c2ccccc2Cl)cc1. The van der Waals surface area contributed by atoms with E-state index in [9.17, 15) is 18.0 Å². The second-order valence-electron chi connectivity index (χ2n) is 5.65. The van der Waals surface area contributed by atoms with Gasteiger partial charge in [0.25, 0.3) is 5.91 Å². The van der Waals surface area contributed by atoms with E-state index in [1.54, 1.807) is 24.3 Å². The quantitative estimate of drug-likeness (QED) is 0.651. The fourth-order valence-corrected chi connectivity index (χ4v) is 3.63. The van der Waals surface area contributed by atoms with Crippen molar-refractivity contribution in [2.75, 3.05) is 18.5 Å². The topological polar surface area (TPSA) is 102 Å². The zero-order valence-electron chi connectivity index (χ0n) is 14.6. The number of esters is 1. The molecular formula is C18H19ClN2O5S. The molecule has 144 valence electrons. The average molecular weight is 411 g/mol.